The third-order valence-electron chi connectivity index (χ3n) is 4.72. The van der Waals surface area contributed by atoms with Crippen LogP contribution in [0.5, 0.6) is 0 Å². The van der Waals surface area contributed by atoms with E-state index in [1.54, 1.807) is 0 Å². The van der Waals surface area contributed by atoms with Gasteiger partial charge in [0.25, 0.3) is 5.56 Å². The van der Waals surface area contributed by atoms with Gasteiger partial charge in [0.2, 0.25) is 5.91 Å². The van der Waals surface area contributed by atoms with Crippen LogP contribution >= 0.6 is 10.2 Å². The molecule has 0 fully saturated rings. The van der Waals surface area contributed by atoms with Gasteiger partial charge in [-0.25, -0.2) is 4.98 Å². The third kappa shape index (κ3) is 6.31. The number of carbonyl (C=O) groups excluding carboxylic acids is 1. The van der Waals surface area contributed by atoms with E-state index in [-0.39, 0.29) is 29.2 Å². The lowest BCUT2D eigenvalue weighted by Gasteiger charge is -2.40. The molecule has 1 aromatic heterocycles. The number of aromatic nitrogens is 2. The molecule has 0 saturated carbocycles. The molecule has 0 aliphatic carbocycles. The zero-order chi connectivity index (χ0) is 24.3. The SMILES string of the molecule is NC(=O)Cn1c(-c2ccc(S(F)(F)(F)(F)F)cc2)ncc(NCCCc2ccccc2)c1=O. The van der Waals surface area contributed by atoms with E-state index in [9.17, 15) is 29.0 Å². The maximum absolute atomic E-state index is 13.0. The van der Waals surface area contributed by atoms with Gasteiger partial charge in [0.05, 0.1) is 6.20 Å². The van der Waals surface area contributed by atoms with Crippen molar-refractivity contribution in [2.75, 3.05) is 11.9 Å². The predicted molar refractivity (Wildman–Crippen MR) is 118 cm³/mol. The molecule has 2 aromatic carbocycles. The number of aryl methyl sites for hydroxylation is 1. The minimum atomic E-state index is -9.85. The predicted octanol–water partition coefficient (Wildman–Crippen LogP) is 5.10. The van der Waals surface area contributed by atoms with E-state index >= 15 is 0 Å². The summed E-state index contributed by atoms with van der Waals surface area (Å²) in [6.45, 7) is -0.176. The van der Waals surface area contributed by atoms with Crippen molar-refractivity contribution < 1.29 is 24.2 Å². The number of hydrogen-bond acceptors (Lipinski definition) is 4. The third-order valence-corrected chi connectivity index (χ3v) is 5.88. The number of nitrogens with two attached hydrogens (primary N) is 1. The summed E-state index contributed by atoms with van der Waals surface area (Å²) >= 11 is 0. The Labute approximate surface area is 186 Å². The molecule has 178 valence electrons. The van der Waals surface area contributed by atoms with E-state index in [4.69, 9.17) is 5.73 Å². The van der Waals surface area contributed by atoms with Gasteiger partial charge in [0.1, 0.15) is 23.0 Å². The van der Waals surface area contributed by atoms with Gasteiger partial charge in [-0.2, -0.15) is 0 Å². The Morgan fingerprint density at radius 2 is 1.64 bits per heavy atom. The summed E-state index contributed by atoms with van der Waals surface area (Å²) in [6, 6.07) is 11.6. The van der Waals surface area contributed by atoms with Crippen LogP contribution in [0.4, 0.5) is 25.1 Å². The summed E-state index contributed by atoms with van der Waals surface area (Å²) in [5.74, 6) is -1.06. The molecule has 0 radical (unpaired) electrons. The van der Waals surface area contributed by atoms with Gasteiger partial charge >= 0.3 is 10.2 Å². The number of hydrogen-bond donors (Lipinski definition) is 2. The van der Waals surface area contributed by atoms with Gasteiger partial charge in [-0.15, -0.1) is 0 Å². The zero-order valence-electron chi connectivity index (χ0n) is 17.2. The second kappa shape index (κ2) is 8.18. The summed E-state index contributed by atoms with van der Waals surface area (Å²) in [7, 11) is -9.85. The Hall–Kier alpha value is -3.41. The Balaban J connectivity index is 1.85. The average molecular weight is 488 g/mol. The molecule has 12 heteroatoms. The van der Waals surface area contributed by atoms with Crippen LogP contribution in [0.2, 0.25) is 0 Å². The van der Waals surface area contributed by atoms with Crippen molar-refractivity contribution in [2.45, 2.75) is 24.3 Å². The van der Waals surface area contributed by atoms with Crippen molar-refractivity contribution in [3.63, 3.8) is 0 Å². The van der Waals surface area contributed by atoms with Gasteiger partial charge in [-0.05, 0) is 42.7 Å². The molecule has 0 aliphatic rings. The number of primary amides is 1. The Kier molecular flexibility index (Phi) is 6.01. The van der Waals surface area contributed by atoms with Gasteiger partial charge in [0.15, 0.2) is 0 Å². The van der Waals surface area contributed by atoms with E-state index in [2.05, 4.69) is 10.3 Å². The first-order valence-corrected chi connectivity index (χ1v) is 11.7. The van der Waals surface area contributed by atoms with E-state index in [1.807, 2.05) is 30.3 Å². The first-order valence-electron chi connectivity index (χ1n) is 9.75. The number of halogens is 5. The lowest BCUT2D eigenvalue weighted by atomic mass is 10.1. The molecule has 6 nitrogen and oxygen atoms in total. The molecule has 3 rings (SSSR count). The van der Waals surface area contributed by atoms with Crippen molar-refractivity contribution in [1.82, 2.24) is 9.55 Å². The van der Waals surface area contributed by atoms with Crippen LogP contribution in [0.25, 0.3) is 11.4 Å². The minimum Gasteiger partial charge on any atom is -0.379 e. The summed E-state index contributed by atoms with van der Waals surface area (Å²) in [4.78, 5) is 26.3. The molecule has 0 aliphatic heterocycles. The van der Waals surface area contributed by atoms with Crippen LogP contribution in [0.1, 0.15) is 12.0 Å². The van der Waals surface area contributed by atoms with E-state index < -0.39 is 33.1 Å². The quantitative estimate of drug-likeness (QED) is 0.324. The number of benzene rings is 2. The lowest BCUT2D eigenvalue weighted by Crippen LogP contribution is -2.31. The highest BCUT2D eigenvalue weighted by molar-refractivity contribution is 8.45. The molecule has 0 bridgehead atoms. The molecule has 0 atom stereocenters. The molecule has 0 saturated heterocycles. The van der Waals surface area contributed by atoms with Gasteiger partial charge in [-0.1, -0.05) is 49.8 Å². The smallest absolute Gasteiger partial charge is 0.310 e. The van der Waals surface area contributed by atoms with Crippen LogP contribution in [-0.4, -0.2) is 22.0 Å². The number of rotatable bonds is 9. The molecule has 1 amide bonds. The van der Waals surface area contributed by atoms with Crippen molar-refractivity contribution in [3.8, 4) is 11.4 Å². The van der Waals surface area contributed by atoms with Crippen LogP contribution in [0.3, 0.4) is 0 Å². The molecule has 1 heterocycles. The molecule has 0 unspecified atom stereocenters. The summed E-state index contributed by atoms with van der Waals surface area (Å²) < 4.78 is 65.7. The van der Waals surface area contributed by atoms with E-state index in [1.165, 1.54) is 6.20 Å². The maximum Gasteiger partial charge on any atom is 0.310 e. The number of anilines is 1. The van der Waals surface area contributed by atoms with E-state index in [0.717, 1.165) is 28.7 Å². The van der Waals surface area contributed by atoms with Crippen LogP contribution in [0, 0.1) is 0 Å². The molecule has 3 aromatic rings. The fourth-order valence-corrected chi connectivity index (χ4v) is 3.82. The van der Waals surface area contributed by atoms with Gasteiger partial charge in [-0.3, -0.25) is 14.2 Å². The van der Waals surface area contributed by atoms with Crippen LogP contribution in [0.15, 0.2) is 70.5 Å². The Morgan fingerprint density at radius 3 is 2.21 bits per heavy atom. The number of carbonyl (C=O) groups is 1. The van der Waals surface area contributed by atoms with Crippen molar-refractivity contribution in [3.05, 3.63) is 76.7 Å². The molecule has 3 N–H and O–H groups in total. The first kappa shape index (κ1) is 24.2. The van der Waals surface area contributed by atoms with Crippen molar-refractivity contribution in [1.29, 1.82) is 0 Å². The van der Waals surface area contributed by atoms with E-state index in [0.29, 0.717) is 13.0 Å². The number of amides is 1. The maximum atomic E-state index is 13.0. The number of nitrogens with zero attached hydrogens (tertiary/aromatic N) is 2. The van der Waals surface area contributed by atoms with Gasteiger partial charge < -0.3 is 11.1 Å². The molecule has 0 spiro atoms. The second-order valence-electron chi connectivity index (χ2n) is 7.36. The molecule has 33 heavy (non-hydrogen) atoms. The topological polar surface area (TPSA) is 90.0 Å². The van der Waals surface area contributed by atoms with Crippen molar-refractivity contribution >= 4 is 21.8 Å². The highest BCUT2D eigenvalue weighted by atomic mass is 32.5. The van der Waals surface area contributed by atoms with Crippen LogP contribution in [-0.2, 0) is 17.8 Å². The normalized spacial score (nSPS) is 13.7. The van der Waals surface area contributed by atoms with Crippen molar-refractivity contribution in [2.24, 2.45) is 5.73 Å². The summed E-state index contributed by atoms with van der Waals surface area (Å²) in [5, 5.41) is 2.92. The molecular weight excluding hydrogens is 467 g/mol. The highest BCUT2D eigenvalue weighted by Crippen LogP contribution is 3.02. The largest absolute Gasteiger partial charge is 0.379 e. The summed E-state index contributed by atoms with van der Waals surface area (Å²) in [6.07, 6.45) is 2.63. The highest BCUT2D eigenvalue weighted by Gasteiger charge is 2.65. The number of nitrogens with one attached hydrogen (secondary N) is 1. The second-order valence-corrected chi connectivity index (χ2v) is 9.77. The minimum absolute atomic E-state index is 0.0606. The average Bonchev–Trinajstić information content (AvgIpc) is 2.72. The monoisotopic (exact) mass is 488 g/mol. The Morgan fingerprint density at radius 1 is 1.00 bits per heavy atom. The fraction of sp³-hybridized carbons (Fsp3) is 0.190. The van der Waals surface area contributed by atoms with Crippen LogP contribution < -0.4 is 16.6 Å². The molecular formula is C21H21F5N4O2S. The Bertz CT molecular complexity index is 1210. The fourth-order valence-electron chi connectivity index (χ4n) is 3.17. The van der Waals surface area contributed by atoms with Gasteiger partial charge in [0, 0.05) is 12.1 Å². The zero-order valence-corrected chi connectivity index (χ0v) is 18.0. The summed E-state index contributed by atoms with van der Waals surface area (Å²) in [5.41, 5.74) is 5.66. The lowest BCUT2D eigenvalue weighted by molar-refractivity contribution is -0.118. The first-order chi connectivity index (χ1) is 15.2. The standard InChI is InChI=1S/C21H21F5N4O2S/c22-33(23,24,25,26)17-10-8-16(9-11-17)20-29-13-18(21(32)30(20)14-19(27)31)28-12-4-7-15-5-2-1-3-6-15/h1-3,5-6,8-11,13,28H,4,7,12,14H2,(H2,27,31).